The molecule has 2 heterocycles. The Morgan fingerprint density at radius 3 is 2.58 bits per heavy atom. The average molecular weight is 364 g/mol. The van der Waals surface area contributed by atoms with Crippen LogP contribution in [0.1, 0.15) is 12.8 Å². The van der Waals surface area contributed by atoms with Crippen molar-refractivity contribution in [1.29, 1.82) is 0 Å². The fourth-order valence-corrected chi connectivity index (χ4v) is 3.49. The minimum Gasteiger partial charge on any atom is -0.326 e. The molecule has 126 valence electrons. The van der Waals surface area contributed by atoms with Crippen LogP contribution in [-0.2, 0) is 4.79 Å². The summed E-state index contributed by atoms with van der Waals surface area (Å²) in [4.78, 5) is 26.3. The lowest BCUT2D eigenvalue weighted by Crippen LogP contribution is -2.43. The number of hydrogen-bond acceptors (Lipinski definition) is 3. The van der Waals surface area contributed by atoms with Gasteiger partial charge in [-0.2, -0.15) is 0 Å². The third kappa shape index (κ3) is 4.27. The molecule has 0 spiro atoms. The maximum absolute atomic E-state index is 12.3. The van der Waals surface area contributed by atoms with Gasteiger partial charge in [-0.3, -0.25) is 10.1 Å². The summed E-state index contributed by atoms with van der Waals surface area (Å²) < 4.78 is 0. The van der Waals surface area contributed by atoms with Crippen molar-refractivity contribution in [2.24, 2.45) is 5.92 Å². The molecule has 1 aromatic carbocycles. The molecule has 3 rings (SSSR count). The van der Waals surface area contributed by atoms with E-state index in [4.69, 9.17) is 11.6 Å². The van der Waals surface area contributed by atoms with E-state index in [0.29, 0.717) is 36.6 Å². The first-order chi connectivity index (χ1) is 11.6. The first-order valence-electron chi connectivity index (χ1n) is 7.77. The number of anilines is 2. The Bertz CT molecular complexity index is 712. The van der Waals surface area contributed by atoms with E-state index in [1.807, 2.05) is 23.6 Å². The zero-order valence-corrected chi connectivity index (χ0v) is 14.6. The van der Waals surface area contributed by atoms with Crippen LogP contribution >= 0.6 is 22.9 Å². The number of hydrogen-bond donors (Lipinski definition) is 2. The van der Waals surface area contributed by atoms with E-state index in [1.54, 1.807) is 23.1 Å². The second-order valence-electron chi connectivity index (χ2n) is 5.67. The number of piperidine rings is 1. The molecule has 0 bridgehead atoms. The molecule has 0 unspecified atom stereocenters. The van der Waals surface area contributed by atoms with E-state index in [1.165, 1.54) is 11.3 Å². The van der Waals surface area contributed by atoms with Crippen molar-refractivity contribution in [2.45, 2.75) is 12.8 Å². The van der Waals surface area contributed by atoms with Gasteiger partial charge in [-0.1, -0.05) is 17.7 Å². The number of carbonyl (C=O) groups excluding carboxylic acids is 2. The molecule has 5 nitrogen and oxygen atoms in total. The Labute approximate surface area is 149 Å². The molecule has 1 aliphatic heterocycles. The maximum atomic E-state index is 12.3. The maximum Gasteiger partial charge on any atom is 0.322 e. The van der Waals surface area contributed by atoms with Crippen molar-refractivity contribution in [1.82, 2.24) is 4.90 Å². The van der Waals surface area contributed by atoms with Gasteiger partial charge in [0.15, 0.2) is 0 Å². The molecule has 3 amide bonds. The van der Waals surface area contributed by atoms with E-state index in [-0.39, 0.29) is 17.9 Å². The van der Waals surface area contributed by atoms with Crippen molar-refractivity contribution >= 4 is 45.6 Å². The number of rotatable bonds is 3. The van der Waals surface area contributed by atoms with Crippen molar-refractivity contribution in [3.8, 4) is 0 Å². The standard InChI is InChI=1S/C17H18ClN3O2S/c18-13-3-1-4-14(11-13)19-16(22)12-6-8-21(9-7-12)17(23)20-15-5-2-10-24-15/h1-5,10-12H,6-9H2,(H,19,22)(H,20,23). The van der Waals surface area contributed by atoms with E-state index in [2.05, 4.69) is 10.6 Å². The average Bonchev–Trinajstić information content (AvgIpc) is 3.08. The van der Waals surface area contributed by atoms with Crippen LogP contribution in [0, 0.1) is 5.92 Å². The van der Waals surface area contributed by atoms with Gasteiger partial charge in [0.05, 0.1) is 5.00 Å². The van der Waals surface area contributed by atoms with Gasteiger partial charge in [-0.15, -0.1) is 11.3 Å². The SMILES string of the molecule is O=C(Nc1cccc(Cl)c1)C1CCN(C(=O)Nc2cccs2)CC1. The molecule has 7 heteroatoms. The largest absolute Gasteiger partial charge is 0.326 e. The smallest absolute Gasteiger partial charge is 0.322 e. The van der Waals surface area contributed by atoms with Gasteiger partial charge in [0.2, 0.25) is 5.91 Å². The second kappa shape index (κ2) is 7.68. The summed E-state index contributed by atoms with van der Waals surface area (Å²) in [5.74, 6) is -0.106. The van der Waals surface area contributed by atoms with Gasteiger partial charge in [-0.25, -0.2) is 4.79 Å². The third-order valence-electron chi connectivity index (χ3n) is 4.00. The molecule has 1 aliphatic rings. The second-order valence-corrected chi connectivity index (χ2v) is 7.05. The fourth-order valence-electron chi connectivity index (χ4n) is 2.69. The van der Waals surface area contributed by atoms with Crippen LogP contribution in [0.3, 0.4) is 0 Å². The van der Waals surface area contributed by atoms with Crippen LogP contribution < -0.4 is 10.6 Å². The molecule has 1 aromatic heterocycles. The van der Waals surface area contributed by atoms with E-state index < -0.39 is 0 Å². The van der Waals surface area contributed by atoms with Gasteiger partial charge < -0.3 is 10.2 Å². The summed E-state index contributed by atoms with van der Waals surface area (Å²) in [6.07, 6.45) is 1.31. The van der Waals surface area contributed by atoms with Gasteiger partial charge in [0.1, 0.15) is 0 Å². The highest BCUT2D eigenvalue weighted by Crippen LogP contribution is 2.22. The summed E-state index contributed by atoms with van der Waals surface area (Å²) in [5, 5.41) is 9.11. The minimum absolute atomic E-state index is 0.0180. The molecule has 2 N–H and O–H groups in total. The van der Waals surface area contributed by atoms with Crippen molar-refractivity contribution in [2.75, 3.05) is 23.7 Å². The zero-order valence-electron chi connectivity index (χ0n) is 13.0. The van der Waals surface area contributed by atoms with Gasteiger partial charge in [0, 0.05) is 29.7 Å². The Kier molecular flexibility index (Phi) is 5.37. The number of likely N-dealkylation sites (tertiary alicyclic amines) is 1. The van der Waals surface area contributed by atoms with E-state index in [9.17, 15) is 9.59 Å². The van der Waals surface area contributed by atoms with Gasteiger partial charge >= 0.3 is 6.03 Å². The molecule has 0 saturated carbocycles. The lowest BCUT2D eigenvalue weighted by Gasteiger charge is -2.31. The normalized spacial score (nSPS) is 15.1. The first-order valence-corrected chi connectivity index (χ1v) is 9.03. The molecule has 0 atom stereocenters. The molecule has 1 fully saturated rings. The molecule has 0 aliphatic carbocycles. The monoisotopic (exact) mass is 363 g/mol. The van der Waals surface area contributed by atoms with Crippen LogP contribution in [0.15, 0.2) is 41.8 Å². The summed E-state index contributed by atoms with van der Waals surface area (Å²) in [5.41, 5.74) is 0.699. The van der Waals surface area contributed by atoms with Crippen LogP contribution in [0.5, 0.6) is 0 Å². The minimum atomic E-state index is -0.105. The lowest BCUT2D eigenvalue weighted by molar-refractivity contribution is -0.121. The van der Waals surface area contributed by atoms with Gasteiger partial charge in [0.25, 0.3) is 0 Å². The first kappa shape index (κ1) is 16.8. The highest BCUT2D eigenvalue weighted by Gasteiger charge is 2.27. The highest BCUT2D eigenvalue weighted by atomic mass is 35.5. The molecule has 24 heavy (non-hydrogen) atoms. The molecule has 1 saturated heterocycles. The topological polar surface area (TPSA) is 61.4 Å². The Morgan fingerprint density at radius 2 is 1.92 bits per heavy atom. The number of benzene rings is 1. The lowest BCUT2D eigenvalue weighted by atomic mass is 9.96. The number of nitrogens with one attached hydrogen (secondary N) is 2. The number of amides is 3. The predicted molar refractivity (Wildman–Crippen MR) is 97.7 cm³/mol. The summed E-state index contributed by atoms with van der Waals surface area (Å²) >= 11 is 7.41. The molecular weight excluding hydrogens is 346 g/mol. The highest BCUT2D eigenvalue weighted by molar-refractivity contribution is 7.14. The quantitative estimate of drug-likeness (QED) is 0.854. The van der Waals surface area contributed by atoms with Crippen molar-refractivity contribution < 1.29 is 9.59 Å². The molecular formula is C17H18ClN3O2S. The zero-order chi connectivity index (χ0) is 16.9. The number of nitrogens with zero attached hydrogens (tertiary/aromatic N) is 1. The summed E-state index contributed by atoms with van der Waals surface area (Å²) in [7, 11) is 0. The number of urea groups is 1. The summed E-state index contributed by atoms with van der Waals surface area (Å²) in [6, 6.07) is 10.8. The predicted octanol–water partition coefficient (Wildman–Crippen LogP) is 4.28. The van der Waals surface area contributed by atoms with Crippen LogP contribution in [0.4, 0.5) is 15.5 Å². The Balaban J connectivity index is 1.49. The van der Waals surface area contributed by atoms with E-state index >= 15 is 0 Å². The van der Waals surface area contributed by atoms with Crippen molar-refractivity contribution in [3.05, 3.63) is 46.8 Å². The number of carbonyl (C=O) groups is 2. The van der Waals surface area contributed by atoms with Crippen LogP contribution in [-0.4, -0.2) is 29.9 Å². The Morgan fingerprint density at radius 1 is 1.12 bits per heavy atom. The van der Waals surface area contributed by atoms with Crippen LogP contribution in [0.2, 0.25) is 5.02 Å². The summed E-state index contributed by atoms with van der Waals surface area (Å²) in [6.45, 7) is 1.15. The number of halogens is 1. The van der Waals surface area contributed by atoms with E-state index in [0.717, 1.165) is 5.00 Å². The molecule has 2 aromatic rings. The molecule has 0 radical (unpaired) electrons. The fraction of sp³-hybridized carbons (Fsp3) is 0.294. The van der Waals surface area contributed by atoms with Crippen molar-refractivity contribution in [3.63, 3.8) is 0 Å². The van der Waals surface area contributed by atoms with Crippen LogP contribution in [0.25, 0.3) is 0 Å². The third-order valence-corrected chi connectivity index (χ3v) is 5.02. The Hall–Kier alpha value is -2.05. The number of thiophene rings is 1. The van der Waals surface area contributed by atoms with Gasteiger partial charge in [-0.05, 0) is 48.6 Å².